The zero-order valence-electron chi connectivity index (χ0n) is 10.5. The maximum atomic E-state index is 11.2. The first-order valence-electron chi connectivity index (χ1n) is 6.47. The number of allylic oxidation sites excluding steroid dienone is 1. The summed E-state index contributed by atoms with van der Waals surface area (Å²) in [6, 6.07) is 0. The van der Waals surface area contributed by atoms with Gasteiger partial charge in [0.05, 0.1) is 0 Å². The molecule has 17 heavy (non-hydrogen) atoms. The average Bonchev–Trinajstić information content (AvgIpc) is 2.63. The zero-order chi connectivity index (χ0) is 12.5. The highest BCUT2D eigenvalue weighted by atomic mass is 16.2. The first kappa shape index (κ1) is 13.7. The van der Waals surface area contributed by atoms with E-state index in [2.05, 4.69) is 6.92 Å². The standard InChI is InChI=1S/C14H21NO2/c1-2-3-4-5-6-7-8-9-12-15-13(16)10-11-14(15)17/h9-12H,2-8H2,1H3/b12-9+. The molecule has 0 bridgehead atoms. The minimum absolute atomic E-state index is 0.241. The lowest BCUT2D eigenvalue weighted by Crippen LogP contribution is -2.23. The highest BCUT2D eigenvalue weighted by Gasteiger charge is 2.19. The van der Waals surface area contributed by atoms with Gasteiger partial charge in [0.25, 0.3) is 11.8 Å². The summed E-state index contributed by atoms with van der Waals surface area (Å²) in [6.45, 7) is 2.21. The lowest BCUT2D eigenvalue weighted by atomic mass is 10.1. The molecular weight excluding hydrogens is 214 g/mol. The van der Waals surface area contributed by atoms with Gasteiger partial charge in [0.1, 0.15) is 0 Å². The molecule has 0 spiro atoms. The van der Waals surface area contributed by atoms with Crippen LogP contribution in [0, 0.1) is 0 Å². The molecule has 2 amide bonds. The van der Waals surface area contributed by atoms with E-state index in [1.54, 1.807) is 6.20 Å². The Labute approximate surface area is 103 Å². The number of carbonyl (C=O) groups excluding carboxylic acids is 2. The van der Waals surface area contributed by atoms with Gasteiger partial charge in [-0.2, -0.15) is 0 Å². The van der Waals surface area contributed by atoms with Gasteiger partial charge in [0, 0.05) is 18.4 Å². The van der Waals surface area contributed by atoms with E-state index >= 15 is 0 Å². The van der Waals surface area contributed by atoms with E-state index in [0.29, 0.717) is 0 Å². The van der Waals surface area contributed by atoms with Crippen LogP contribution in [-0.2, 0) is 9.59 Å². The van der Waals surface area contributed by atoms with Crippen LogP contribution in [0.4, 0.5) is 0 Å². The van der Waals surface area contributed by atoms with Gasteiger partial charge >= 0.3 is 0 Å². The molecule has 1 aliphatic heterocycles. The molecule has 3 heteroatoms. The predicted molar refractivity (Wildman–Crippen MR) is 68.1 cm³/mol. The van der Waals surface area contributed by atoms with Crippen molar-refractivity contribution in [3.05, 3.63) is 24.4 Å². The van der Waals surface area contributed by atoms with Crippen LogP contribution in [0.2, 0.25) is 0 Å². The van der Waals surface area contributed by atoms with Crippen LogP contribution in [0.3, 0.4) is 0 Å². The van der Waals surface area contributed by atoms with Gasteiger partial charge in [0.2, 0.25) is 0 Å². The molecular formula is C14H21NO2. The third kappa shape index (κ3) is 4.98. The predicted octanol–water partition coefficient (Wildman–Crippen LogP) is 3.18. The van der Waals surface area contributed by atoms with Crippen LogP contribution in [0.15, 0.2) is 24.4 Å². The second-order valence-corrected chi connectivity index (χ2v) is 4.32. The van der Waals surface area contributed by atoms with E-state index in [0.717, 1.165) is 17.7 Å². The van der Waals surface area contributed by atoms with Crippen molar-refractivity contribution in [2.75, 3.05) is 0 Å². The van der Waals surface area contributed by atoms with Gasteiger partial charge in [-0.05, 0) is 12.8 Å². The van der Waals surface area contributed by atoms with Gasteiger partial charge in [0.15, 0.2) is 0 Å². The van der Waals surface area contributed by atoms with E-state index in [1.165, 1.54) is 44.3 Å². The molecule has 0 atom stereocenters. The molecule has 0 unspecified atom stereocenters. The Balaban J connectivity index is 2.06. The van der Waals surface area contributed by atoms with Gasteiger partial charge in [-0.3, -0.25) is 14.5 Å². The number of nitrogens with zero attached hydrogens (tertiary/aromatic N) is 1. The van der Waals surface area contributed by atoms with Crippen LogP contribution < -0.4 is 0 Å². The van der Waals surface area contributed by atoms with Crippen molar-refractivity contribution in [2.45, 2.75) is 51.9 Å². The smallest absolute Gasteiger partial charge is 0.257 e. The summed E-state index contributed by atoms with van der Waals surface area (Å²) in [7, 11) is 0. The molecule has 0 fully saturated rings. The van der Waals surface area contributed by atoms with Crippen molar-refractivity contribution in [1.82, 2.24) is 4.90 Å². The average molecular weight is 235 g/mol. The van der Waals surface area contributed by atoms with E-state index in [9.17, 15) is 9.59 Å². The molecule has 3 nitrogen and oxygen atoms in total. The molecule has 1 heterocycles. The number of imide groups is 1. The van der Waals surface area contributed by atoms with E-state index in [-0.39, 0.29) is 11.8 Å². The Morgan fingerprint density at radius 3 is 2.24 bits per heavy atom. The summed E-state index contributed by atoms with van der Waals surface area (Å²) in [4.78, 5) is 23.5. The summed E-state index contributed by atoms with van der Waals surface area (Å²) >= 11 is 0. The summed E-state index contributed by atoms with van der Waals surface area (Å²) in [6.07, 6.45) is 14.6. The number of rotatable bonds is 8. The summed E-state index contributed by atoms with van der Waals surface area (Å²) < 4.78 is 0. The first-order chi connectivity index (χ1) is 8.25. The Morgan fingerprint density at radius 1 is 1.00 bits per heavy atom. The fourth-order valence-corrected chi connectivity index (χ4v) is 1.78. The molecule has 0 saturated heterocycles. The molecule has 0 aliphatic carbocycles. The third-order valence-corrected chi connectivity index (χ3v) is 2.82. The van der Waals surface area contributed by atoms with Crippen LogP contribution in [0.1, 0.15) is 51.9 Å². The molecule has 0 N–H and O–H groups in total. The topological polar surface area (TPSA) is 37.4 Å². The van der Waals surface area contributed by atoms with Crippen molar-refractivity contribution in [3.8, 4) is 0 Å². The Morgan fingerprint density at radius 2 is 1.59 bits per heavy atom. The number of hydrogen-bond donors (Lipinski definition) is 0. The van der Waals surface area contributed by atoms with E-state index in [4.69, 9.17) is 0 Å². The normalized spacial score (nSPS) is 15.5. The highest BCUT2D eigenvalue weighted by Crippen LogP contribution is 2.09. The SMILES string of the molecule is CCCCCCCC/C=C/N1C(=O)C=CC1=O. The Bertz CT molecular complexity index is 300. The monoisotopic (exact) mass is 235 g/mol. The minimum Gasteiger partial charge on any atom is -0.269 e. The highest BCUT2D eigenvalue weighted by molar-refractivity contribution is 6.13. The van der Waals surface area contributed by atoms with Gasteiger partial charge in [-0.1, -0.05) is 45.1 Å². The summed E-state index contributed by atoms with van der Waals surface area (Å²) in [5.41, 5.74) is 0. The molecule has 94 valence electrons. The van der Waals surface area contributed by atoms with Crippen molar-refractivity contribution in [2.24, 2.45) is 0 Å². The van der Waals surface area contributed by atoms with Gasteiger partial charge in [-0.15, -0.1) is 0 Å². The fourth-order valence-electron chi connectivity index (χ4n) is 1.78. The maximum absolute atomic E-state index is 11.2. The van der Waals surface area contributed by atoms with E-state index in [1.807, 2.05) is 6.08 Å². The summed E-state index contributed by atoms with van der Waals surface area (Å²) in [5.74, 6) is -0.483. The lowest BCUT2D eigenvalue weighted by Gasteiger charge is -2.06. The van der Waals surface area contributed by atoms with Crippen LogP contribution in [0.5, 0.6) is 0 Å². The van der Waals surface area contributed by atoms with Crippen molar-refractivity contribution in [3.63, 3.8) is 0 Å². The second kappa shape index (κ2) is 7.82. The molecule has 0 aromatic heterocycles. The first-order valence-corrected chi connectivity index (χ1v) is 6.47. The van der Waals surface area contributed by atoms with Crippen LogP contribution >= 0.6 is 0 Å². The van der Waals surface area contributed by atoms with Crippen molar-refractivity contribution in [1.29, 1.82) is 0 Å². The number of hydrogen-bond acceptors (Lipinski definition) is 2. The largest absolute Gasteiger partial charge is 0.269 e. The number of carbonyl (C=O) groups is 2. The molecule has 1 rings (SSSR count). The quantitative estimate of drug-likeness (QED) is 0.478. The second-order valence-electron chi connectivity index (χ2n) is 4.32. The maximum Gasteiger partial charge on any atom is 0.257 e. The Kier molecular flexibility index (Phi) is 6.30. The molecule has 1 aliphatic rings. The third-order valence-electron chi connectivity index (χ3n) is 2.82. The number of unbranched alkanes of at least 4 members (excludes halogenated alkanes) is 6. The molecule has 0 aromatic carbocycles. The summed E-state index contributed by atoms with van der Waals surface area (Å²) in [5, 5.41) is 0. The van der Waals surface area contributed by atoms with E-state index < -0.39 is 0 Å². The zero-order valence-corrected chi connectivity index (χ0v) is 10.5. The number of amides is 2. The van der Waals surface area contributed by atoms with Gasteiger partial charge in [-0.25, -0.2) is 0 Å². The lowest BCUT2D eigenvalue weighted by molar-refractivity contribution is -0.133. The van der Waals surface area contributed by atoms with Crippen LogP contribution in [-0.4, -0.2) is 16.7 Å². The minimum atomic E-state index is -0.241. The fraction of sp³-hybridized carbons (Fsp3) is 0.571. The Hall–Kier alpha value is -1.38. The molecule has 0 radical (unpaired) electrons. The van der Waals surface area contributed by atoms with Crippen LogP contribution in [0.25, 0.3) is 0 Å². The molecule has 0 aromatic rings. The van der Waals surface area contributed by atoms with Crippen molar-refractivity contribution < 1.29 is 9.59 Å². The van der Waals surface area contributed by atoms with Crippen molar-refractivity contribution >= 4 is 11.8 Å². The van der Waals surface area contributed by atoms with Gasteiger partial charge < -0.3 is 0 Å². The molecule has 0 saturated carbocycles.